The molecule has 19 heavy (non-hydrogen) atoms. The van der Waals surface area contributed by atoms with Gasteiger partial charge in [-0.2, -0.15) is 0 Å². The number of nitrogens with one attached hydrogen (secondary N) is 1. The van der Waals surface area contributed by atoms with Gasteiger partial charge in [0.05, 0.1) is 0 Å². The molecule has 0 atom stereocenters. The molecule has 0 aliphatic carbocycles. The van der Waals surface area contributed by atoms with Gasteiger partial charge < -0.3 is 5.32 Å². The zero-order valence-electron chi connectivity index (χ0n) is 12.4. The summed E-state index contributed by atoms with van der Waals surface area (Å²) in [7, 11) is 2.06. The van der Waals surface area contributed by atoms with E-state index in [1.165, 1.54) is 29.2 Å². The summed E-state index contributed by atoms with van der Waals surface area (Å²) in [5, 5.41) is 6.14. The van der Waals surface area contributed by atoms with E-state index in [2.05, 4.69) is 68.7 Å². The number of rotatable bonds is 6. The fourth-order valence-corrected chi connectivity index (χ4v) is 3.04. The van der Waals surface area contributed by atoms with Crippen molar-refractivity contribution >= 4 is 10.8 Å². The predicted octanol–water partition coefficient (Wildman–Crippen LogP) is 4.41. The highest BCUT2D eigenvalue weighted by Gasteiger charge is 2.26. The zero-order valence-corrected chi connectivity index (χ0v) is 12.4. The standard InChI is InChI=1S/C18H25N/c1-4-18(5-2,14-19-3)13-16-11-8-10-15-9-6-7-12-17(15)16/h6-12,19H,4-5,13-14H2,1-3H3. The Morgan fingerprint density at radius 3 is 2.32 bits per heavy atom. The van der Waals surface area contributed by atoms with E-state index in [4.69, 9.17) is 0 Å². The van der Waals surface area contributed by atoms with Gasteiger partial charge in [-0.3, -0.25) is 0 Å². The minimum Gasteiger partial charge on any atom is -0.319 e. The van der Waals surface area contributed by atoms with E-state index in [9.17, 15) is 0 Å². The van der Waals surface area contributed by atoms with Gasteiger partial charge in [-0.15, -0.1) is 0 Å². The summed E-state index contributed by atoms with van der Waals surface area (Å²) in [6.07, 6.45) is 3.59. The van der Waals surface area contributed by atoms with Crippen molar-refractivity contribution in [1.29, 1.82) is 0 Å². The van der Waals surface area contributed by atoms with Crippen molar-refractivity contribution < 1.29 is 0 Å². The molecule has 2 aromatic carbocycles. The number of hydrogen-bond donors (Lipinski definition) is 1. The first-order chi connectivity index (χ1) is 9.24. The summed E-state index contributed by atoms with van der Waals surface area (Å²) in [5.41, 5.74) is 1.86. The van der Waals surface area contributed by atoms with E-state index in [-0.39, 0.29) is 0 Å². The van der Waals surface area contributed by atoms with Crippen molar-refractivity contribution in [3.63, 3.8) is 0 Å². The molecule has 0 radical (unpaired) electrons. The van der Waals surface area contributed by atoms with Crippen LogP contribution < -0.4 is 5.32 Å². The molecule has 0 heterocycles. The van der Waals surface area contributed by atoms with Crippen LogP contribution in [0, 0.1) is 5.41 Å². The molecule has 0 spiro atoms. The molecule has 1 N–H and O–H groups in total. The maximum atomic E-state index is 3.38. The van der Waals surface area contributed by atoms with Crippen LogP contribution in [-0.4, -0.2) is 13.6 Å². The molecule has 1 heteroatoms. The lowest BCUT2D eigenvalue weighted by molar-refractivity contribution is 0.254. The minimum absolute atomic E-state index is 0.374. The van der Waals surface area contributed by atoms with Crippen molar-refractivity contribution in [3.8, 4) is 0 Å². The summed E-state index contributed by atoms with van der Waals surface area (Å²) in [6.45, 7) is 5.71. The van der Waals surface area contributed by atoms with E-state index in [0.717, 1.165) is 13.0 Å². The summed E-state index contributed by atoms with van der Waals surface area (Å²) in [4.78, 5) is 0. The Morgan fingerprint density at radius 2 is 1.63 bits per heavy atom. The van der Waals surface area contributed by atoms with Crippen LogP contribution in [0.2, 0.25) is 0 Å². The molecular weight excluding hydrogens is 230 g/mol. The quantitative estimate of drug-likeness (QED) is 0.806. The Balaban J connectivity index is 2.39. The molecule has 102 valence electrons. The van der Waals surface area contributed by atoms with Gasteiger partial charge in [0.1, 0.15) is 0 Å². The molecule has 2 rings (SSSR count). The summed E-state index contributed by atoms with van der Waals surface area (Å²) < 4.78 is 0. The normalized spacial score (nSPS) is 11.9. The lowest BCUT2D eigenvalue weighted by Gasteiger charge is -2.32. The molecule has 0 bridgehead atoms. The Hall–Kier alpha value is -1.34. The smallest absolute Gasteiger partial charge is 0.000779 e. The van der Waals surface area contributed by atoms with Crippen molar-refractivity contribution in [2.24, 2.45) is 5.41 Å². The second-order valence-corrected chi connectivity index (χ2v) is 5.55. The van der Waals surface area contributed by atoms with Gasteiger partial charge >= 0.3 is 0 Å². The predicted molar refractivity (Wildman–Crippen MR) is 84.6 cm³/mol. The van der Waals surface area contributed by atoms with Crippen LogP contribution in [0.3, 0.4) is 0 Å². The fraction of sp³-hybridized carbons (Fsp3) is 0.444. The highest BCUT2D eigenvalue weighted by atomic mass is 14.8. The maximum absolute atomic E-state index is 3.38. The Kier molecular flexibility index (Phi) is 4.60. The van der Waals surface area contributed by atoms with Gasteiger partial charge in [-0.25, -0.2) is 0 Å². The van der Waals surface area contributed by atoms with Crippen molar-refractivity contribution in [3.05, 3.63) is 48.0 Å². The number of benzene rings is 2. The molecule has 0 unspecified atom stereocenters. The van der Waals surface area contributed by atoms with Crippen molar-refractivity contribution in [2.45, 2.75) is 33.1 Å². The lowest BCUT2D eigenvalue weighted by atomic mass is 9.76. The van der Waals surface area contributed by atoms with E-state index >= 15 is 0 Å². The van der Waals surface area contributed by atoms with Crippen LogP contribution in [0.4, 0.5) is 0 Å². The third-order valence-electron chi connectivity index (χ3n) is 4.50. The first kappa shape index (κ1) is 14.1. The van der Waals surface area contributed by atoms with Gasteiger partial charge in [-0.05, 0) is 48.1 Å². The number of fused-ring (bicyclic) bond motifs is 1. The molecule has 0 amide bonds. The molecular formula is C18H25N. The Morgan fingerprint density at radius 1 is 0.947 bits per heavy atom. The average Bonchev–Trinajstić information content (AvgIpc) is 2.47. The minimum atomic E-state index is 0.374. The van der Waals surface area contributed by atoms with Crippen LogP contribution in [-0.2, 0) is 6.42 Å². The highest BCUT2D eigenvalue weighted by Crippen LogP contribution is 2.32. The number of hydrogen-bond acceptors (Lipinski definition) is 1. The third kappa shape index (κ3) is 2.98. The summed E-state index contributed by atoms with van der Waals surface area (Å²) in [5.74, 6) is 0. The Labute approximate surface area is 117 Å². The van der Waals surface area contributed by atoms with Crippen LogP contribution in [0.1, 0.15) is 32.3 Å². The van der Waals surface area contributed by atoms with E-state index < -0.39 is 0 Å². The third-order valence-corrected chi connectivity index (χ3v) is 4.50. The lowest BCUT2D eigenvalue weighted by Crippen LogP contribution is -2.33. The molecule has 0 aliphatic heterocycles. The van der Waals surface area contributed by atoms with Crippen LogP contribution in [0.15, 0.2) is 42.5 Å². The second kappa shape index (κ2) is 6.21. The Bertz CT molecular complexity index is 521. The first-order valence-electron chi connectivity index (χ1n) is 7.36. The van der Waals surface area contributed by atoms with E-state index in [0.29, 0.717) is 5.41 Å². The molecule has 2 aromatic rings. The van der Waals surface area contributed by atoms with Gasteiger partial charge in [0.2, 0.25) is 0 Å². The van der Waals surface area contributed by atoms with Crippen LogP contribution in [0.5, 0.6) is 0 Å². The topological polar surface area (TPSA) is 12.0 Å². The van der Waals surface area contributed by atoms with Gasteiger partial charge in [0, 0.05) is 6.54 Å². The van der Waals surface area contributed by atoms with Crippen molar-refractivity contribution in [2.75, 3.05) is 13.6 Å². The monoisotopic (exact) mass is 255 g/mol. The maximum Gasteiger partial charge on any atom is 0.000779 e. The molecule has 0 aliphatic rings. The second-order valence-electron chi connectivity index (χ2n) is 5.55. The van der Waals surface area contributed by atoms with Crippen LogP contribution >= 0.6 is 0 Å². The molecule has 0 saturated heterocycles. The van der Waals surface area contributed by atoms with E-state index in [1.807, 2.05) is 0 Å². The molecule has 0 saturated carbocycles. The summed E-state index contributed by atoms with van der Waals surface area (Å²) in [6, 6.07) is 15.4. The van der Waals surface area contributed by atoms with Gasteiger partial charge in [0.15, 0.2) is 0 Å². The first-order valence-corrected chi connectivity index (χ1v) is 7.36. The SMILES string of the molecule is CCC(CC)(CNC)Cc1cccc2ccccc12. The summed E-state index contributed by atoms with van der Waals surface area (Å²) >= 11 is 0. The highest BCUT2D eigenvalue weighted by molar-refractivity contribution is 5.85. The average molecular weight is 255 g/mol. The zero-order chi connectivity index (χ0) is 13.7. The van der Waals surface area contributed by atoms with E-state index in [1.54, 1.807) is 0 Å². The van der Waals surface area contributed by atoms with Crippen molar-refractivity contribution in [1.82, 2.24) is 5.32 Å². The molecule has 1 nitrogen and oxygen atoms in total. The largest absolute Gasteiger partial charge is 0.319 e. The van der Waals surface area contributed by atoms with Gasteiger partial charge in [0.25, 0.3) is 0 Å². The molecule has 0 fully saturated rings. The molecule has 0 aromatic heterocycles. The van der Waals surface area contributed by atoms with Gasteiger partial charge in [-0.1, -0.05) is 56.3 Å². The fourth-order valence-electron chi connectivity index (χ4n) is 3.04. The van der Waals surface area contributed by atoms with Crippen LogP contribution in [0.25, 0.3) is 10.8 Å².